The zero-order valence-electron chi connectivity index (χ0n) is 23.1. The Kier molecular flexibility index (Phi) is 7.01. The Labute approximate surface area is 147 Å². The van der Waals surface area contributed by atoms with Crippen molar-refractivity contribution in [3.05, 3.63) is 0 Å². The molecule has 0 aliphatic rings. The second-order valence-corrected chi connectivity index (χ2v) is 6.17. The minimum Gasteiger partial charge on any atom is -0.331 e. The van der Waals surface area contributed by atoms with Crippen molar-refractivity contribution in [2.75, 3.05) is 40.6 Å². The van der Waals surface area contributed by atoms with Crippen molar-refractivity contribution in [2.45, 2.75) is 84.0 Å². The molecule has 1 N–H and O–H groups in total. The molecule has 0 aliphatic carbocycles. The van der Waals surface area contributed by atoms with Crippen LogP contribution in [0.2, 0.25) is 0 Å². The molecule has 0 saturated heterocycles. The van der Waals surface area contributed by atoms with Gasteiger partial charge in [0.2, 0.25) is 0 Å². The van der Waals surface area contributed by atoms with Crippen LogP contribution >= 0.6 is 0 Å². The summed E-state index contributed by atoms with van der Waals surface area (Å²) in [4.78, 5) is 0. The highest BCUT2D eigenvalue weighted by Gasteiger charge is 2.04. The maximum atomic E-state index is 7.61. The Bertz CT molecular complexity index is 395. The van der Waals surface area contributed by atoms with Crippen LogP contribution in [0.4, 0.5) is 0 Å². The molecular weight excluding hydrogens is 256 g/mol. The molecule has 0 bridgehead atoms. The Morgan fingerprint density at radius 1 is 0.667 bits per heavy atom. The highest BCUT2D eigenvalue weighted by molar-refractivity contribution is 4.51. The van der Waals surface area contributed by atoms with Crippen LogP contribution in [0.5, 0.6) is 0 Å². The SMILES string of the molecule is [2H]C([2H])([2H])[N+](CCCCCCNCCCCCCCCCC)(C([2H])([2H])[2H])C([2H])([2H])[2H]. The van der Waals surface area contributed by atoms with Gasteiger partial charge < -0.3 is 9.80 Å². The number of hydrogen-bond donors (Lipinski definition) is 1. The van der Waals surface area contributed by atoms with Crippen molar-refractivity contribution in [1.29, 1.82) is 0 Å². The predicted molar refractivity (Wildman–Crippen MR) is 96.8 cm³/mol. The summed E-state index contributed by atoms with van der Waals surface area (Å²) in [7, 11) is 0. The van der Waals surface area contributed by atoms with Gasteiger partial charge in [0.05, 0.1) is 39.8 Å². The molecule has 0 atom stereocenters. The van der Waals surface area contributed by atoms with Gasteiger partial charge in [-0.25, -0.2) is 0 Å². The molecule has 0 fully saturated rings. The Balaban J connectivity index is 4.03. The van der Waals surface area contributed by atoms with Gasteiger partial charge in [0.1, 0.15) is 0 Å². The molecule has 0 heterocycles. The zero-order valence-corrected chi connectivity index (χ0v) is 14.1. The first-order chi connectivity index (χ1) is 13.8. The van der Waals surface area contributed by atoms with E-state index in [2.05, 4.69) is 12.2 Å². The number of nitrogens with zero attached hydrogens (tertiary/aromatic N) is 1. The van der Waals surface area contributed by atoms with Crippen LogP contribution in [-0.4, -0.2) is 45.0 Å². The van der Waals surface area contributed by atoms with Crippen molar-refractivity contribution < 1.29 is 16.8 Å². The molecule has 0 aromatic heterocycles. The van der Waals surface area contributed by atoms with E-state index in [9.17, 15) is 0 Å². The summed E-state index contributed by atoms with van der Waals surface area (Å²) in [6, 6.07) is 0. The lowest BCUT2D eigenvalue weighted by Gasteiger charge is -2.23. The number of nitrogens with one attached hydrogen (secondary N) is 1. The van der Waals surface area contributed by atoms with Crippen LogP contribution in [0.1, 0.15) is 96.3 Å². The smallest absolute Gasteiger partial charge is 0.0886 e. The van der Waals surface area contributed by atoms with E-state index >= 15 is 0 Å². The average molecular weight is 309 g/mol. The van der Waals surface area contributed by atoms with Crippen LogP contribution < -0.4 is 5.32 Å². The molecule has 0 unspecified atom stereocenters. The fourth-order valence-electron chi connectivity index (χ4n) is 2.46. The molecule has 2 heteroatoms. The molecule has 128 valence electrons. The molecule has 0 radical (unpaired) electrons. The summed E-state index contributed by atoms with van der Waals surface area (Å²) in [5, 5.41) is 3.40. The van der Waals surface area contributed by atoms with Crippen molar-refractivity contribution in [2.24, 2.45) is 0 Å². The van der Waals surface area contributed by atoms with Gasteiger partial charge in [-0.1, -0.05) is 58.3 Å². The third-order valence-corrected chi connectivity index (χ3v) is 3.80. The first-order valence-corrected chi connectivity index (χ1v) is 8.90. The van der Waals surface area contributed by atoms with Crippen LogP contribution in [0.25, 0.3) is 0 Å². The van der Waals surface area contributed by atoms with Crippen LogP contribution in [0.15, 0.2) is 0 Å². The largest absolute Gasteiger partial charge is 0.331 e. The summed E-state index contributed by atoms with van der Waals surface area (Å²) in [6.45, 7) is -5.71. The minimum absolute atomic E-state index is 0.257. The molecule has 0 aromatic carbocycles. The maximum Gasteiger partial charge on any atom is 0.0886 e. The Hall–Kier alpha value is -0.0800. The second-order valence-electron chi connectivity index (χ2n) is 6.17. The predicted octanol–water partition coefficient (Wildman–Crippen LogP) is 4.98. The topological polar surface area (TPSA) is 12.0 Å². The van der Waals surface area contributed by atoms with E-state index < -0.39 is 32.0 Å². The van der Waals surface area contributed by atoms with E-state index in [1.54, 1.807) is 0 Å². The third kappa shape index (κ3) is 19.9. The van der Waals surface area contributed by atoms with Crippen LogP contribution in [-0.2, 0) is 0 Å². The molecule has 0 aliphatic heterocycles. The molecular formula is C19H43N2+. The molecule has 0 saturated carbocycles. The van der Waals surface area contributed by atoms with E-state index in [4.69, 9.17) is 12.3 Å². The zero-order chi connectivity index (χ0) is 23.3. The van der Waals surface area contributed by atoms with Gasteiger partial charge in [0.25, 0.3) is 0 Å². The van der Waals surface area contributed by atoms with E-state index in [1.807, 2.05) is 0 Å². The quantitative estimate of drug-likeness (QED) is 0.313. The van der Waals surface area contributed by atoms with Crippen LogP contribution in [0, 0.1) is 0 Å². The monoisotopic (exact) mass is 308 g/mol. The Morgan fingerprint density at radius 3 is 1.67 bits per heavy atom. The third-order valence-electron chi connectivity index (χ3n) is 3.80. The van der Waals surface area contributed by atoms with E-state index in [0.717, 1.165) is 25.9 Å². The van der Waals surface area contributed by atoms with Gasteiger partial charge in [0, 0.05) is 0 Å². The van der Waals surface area contributed by atoms with Gasteiger partial charge in [-0.15, -0.1) is 0 Å². The average Bonchev–Trinajstić information content (AvgIpc) is 2.58. The molecule has 0 rings (SSSR count). The number of hydrogen-bond acceptors (Lipinski definition) is 1. The molecule has 2 nitrogen and oxygen atoms in total. The van der Waals surface area contributed by atoms with Gasteiger partial charge in [0.15, 0.2) is 0 Å². The first kappa shape index (κ1) is 9.93. The highest BCUT2D eigenvalue weighted by Crippen LogP contribution is 2.08. The summed E-state index contributed by atoms with van der Waals surface area (Å²) in [5.74, 6) is 0. The van der Waals surface area contributed by atoms with Crippen molar-refractivity contribution in [3.63, 3.8) is 0 Å². The van der Waals surface area contributed by atoms with Gasteiger partial charge >= 0.3 is 0 Å². The lowest BCUT2D eigenvalue weighted by atomic mass is 10.1. The summed E-state index contributed by atoms with van der Waals surface area (Å²) < 4.78 is 66.6. The van der Waals surface area contributed by atoms with E-state index in [0.29, 0.717) is 6.42 Å². The minimum atomic E-state index is -3.13. The van der Waals surface area contributed by atoms with Crippen molar-refractivity contribution >= 4 is 0 Å². The normalized spacial score (nSPS) is 20.1. The highest BCUT2D eigenvalue weighted by atomic mass is 15.3. The standard InChI is InChI=1S/C19H43N2/c1-5-6-7-8-9-10-11-14-17-20-18-15-12-13-16-19-21(2,3)4/h20H,5-19H2,1-4H3/q+1/i2D3,3D3,4D3. The lowest BCUT2D eigenvalue weighted by molar-refractivity contribution is -0.870. The first-order valence-electron chi connectivity index (χ1n) is 13.4. The van der Waals surface area contributed by atoms with E-state index in [1.165, 1.54) is 51.4 Å². The lowest BCUT2D eigenvalue weighted by Crippen LogP contribution is -2.35. The van der Waals surface area contributed by atoms with Gasteiger partial charge in [-0.2, -0.15) is 0 Å². The van der Waals surface area contributed by atoms with E-state index in [-0.39, 0.29) is 6.42 Å². The molecule has 0 aromatic rings. The van der Waals surface area contributed by atoms with Crippen molar-refractivity contribution in [1.82, 2.24) is 5.32 Å². The summed E-state index contributed by atoms with van der Waals surface area (Å²) >= 11 is 0. The summed E-state index contributed by atoms with van der Waals surface area (Å²) in [5.41, 5.74) is 0. The number of unbranched alkanes of at least 4 members (excludes halogenated alkanes) is 10. The molecule has 0 amide bonds. The molecule has 0 spiro atoms. The maximum absolute atomic E-state index is 7.61. The van der Waals surface area contributed by atoms with Crippen molar-refractivity contribution in [3.8, 4) is 0 Å². The van der Waals surface area contributed by atoms with Gasteiger partial charge in [-0.3, -0.25) is 0 Å². The number of rotatable bonds is 16. The molecule has 21 heavy (non-hydrogen) atoms. The Morgan fingerprint density at radius 2 is 1.14 bits per heavy atom. The fourth-order valence-corrected chi connectivity index (χ4v) is 2.46. The number of quaternary nitrogens is 1. The second kappa shape index (κ2) is 14.8. The van der Waals surface area contributed by atoms with Gasteiger partial charge in [-0.05, 0) is 38.8 Å². The fraction of sp³-hybridized carbons (Fsp3) is 1.00. The summed E-state index contributed by atoms with van der Waals surface area (Å²) in [6.07, 6.45) is 12.9. The van der Waals surface area contributed by atoms with Crippen LogP contribution in [0.3, 0.4) is 0 Å².